The van der Waals surface area contributed by atoms with Gasteiger partial charge in [0, 0.05) is 36.6 Å². The highest BCUT2D eigenvalue weighted by molar-refractivity contribution is 5.43. The molecular formula is C14H21N5. The minimum atomic E-state index is 0.743. The fraction of sp³-hybridized carbons (Fsp3) is 0.500. The molecule has 0 saturated heterocycles. The van der Waals surface area contributed by atoms with E-state index in [1.165, 1.54) is 5.56 Å². The van der Waals surface area contributed by atoms with Gasteiger partial charge in [-0.3, -0.25) is 4.68 Å². The van der Waals surface area contributed by atoms with E-state index < -0.39 is 0 Å². The van der Waals surface area contributed by atoms with Crippen LogP contribution in [-0.2, 0) is 19.5 Å². The number of hydrogen-bond acceptors (Lipinski definition) is 4. The molecule has 102 valence electrons. The summed E-state index contributed by atoms with van der Waals surface area (Å²) in [7, 11) is 0. The number of aromatic nitrogens is 4. The van der Waals surface area contributed by atoms with Crippen LogP contribution in [0.3, 0.4) is 0 Å². The van der Waals surface area contributed by atoms with E-state index >= 15 is 0 Å². The van der Waals surface area contributed by atoms with Crippen molar-refractivity contribution in [2.75, 3.05) is 5.32 Å². The summed E-state index contributed by atoms with van der Waals surface area (Å²) in [5, 5.41) is 7.69. The molecule has 5 nitrogen and oxygen atoms in total. The third-order valence-electron chi connectivity index (χ3n) is 2.97. The summed E-state index contributed by atoms with van der Waals surface area (Å²) in [6.45, 7) is 7.87. The van der Waals surface area contributed by atoms with Gasteiger partial charge < -0.3 is 5.32 Å². The Balaban J connectivity index is 2.03. The molecule has 0 saturated carbocycles. The first-order valence-electron chi connectivity index (χ1n) is 6.80. The average Bonchev–Trinajstić information content (AvgIpc) is 2.85. The van der Waals surface area contributed by atoms with Crippen LogP contribution >= 0.6 is 0 Å². The highest BCUT2D eigenvalue weighted by Gasteiger charge is 2.04. The second-order valence-corrected chi connectivity index (χ2v) is 4.61. The predicted octanol–water partition coefficient (Wildman–Crippen LogP) is 2.57. The van der Waals surface area contributed by atoms with Crippen molar-refractivity contribution in [3.05, 3.63) is 35.5 Å². The standard InChI is InChI=1S/C14H21N5/c1-4-6-19-10-12(8-17-19)7-16-14-13(5-2)9-15-11(3)18-14/h8-10H,4-7H2,1-3H3,(H,15,16,18). The summed E-state index contributed by atoms with van der Waals surface area (Å²) in [5.41, 5.74) is 2.32. The van der Waals surface area contributed by atoms with E-state index in [0.29, 0.717) is 0 Å². The molecule has 5 heteroatoms. The number of nitrogens with zero attached hydrogens (tertiary/aromatic N) is 4. The molecule has 0 fully saturated rings. The van der Waals surface area contributed by atoms with Crippen LogP contribution in [0.15, 0.2) is 18.6 Å². The van der Waals surface area contributed by atoms with Gasteiger partial charge >= 0.3 is 0 Å². The van der Waals surface area contributed by atoms with Crippen molar-refractivity contribution in [2.45, 2.75) is 46.7 Å². The fourth-order valence-corrected chi connectivity index (χ4v) is 1.94. The van der Waals surface area contributed by atoms with E-state index in [-0.39, 0.29) is 0 Å². The Morgan fingerprint density at radius 1 is 1.26 bits per heavy atom. The van der Waals surface area contributed by atoms with E-state index in [2.05, 4.69) is 40.4 Å². The molecule has 0 atom stereocenters. The monoisotopic (exact) mass is 259 g/mol. The summed E-state index contributed by atoms with van der Waals surface area (Å²) >= 11 is 0. The molecule has 2 heterocycles. The third kappa shape index (κ3) is 3.53. The number of anilines is 1. The van der Waals surface area contributed by atoms with Gasteiger partial charge in [-0.1, -0.05) is 13.8 Å². The first-order chi connectivity index (χ1) is 9.22. The largest absolute Gasteiger partial charge is 0.366 e. The molecule has 0 aliphatic carbocycles. The van der Waals surface area contributed by atoms with Crippen molar-refractivity contribution in [1.82, 2.24) is 19.7 Å². The molecule has 2 aromatic heterocycles. The predicted molar refractivity (Wildman–Crippen MR) is 76.0 cm³/mol. The Labute approximate surface area is 114 Å². The van der Waals surface area contributed by atoms with Crippen LogP contribution in [0.25, 0.3) is 0 Å². The first kappa shape index (κ1) is 13.5. The summed E-state index contributed by atoms with van der Waals surface area (Å²) in [4.78, 5) is 8.68. The van der Waals surface area contributed by atoms with E-state index in [1.54, 1.807) is 0 Å². The minimum absolute atomic E-state index is 0.743. The molecule has 0 unspecified atom stereocenters. The molecular weight excluding hydrogens is 238 g/mol. The third-order valence-corrected chi connectivity index (χ3v) is 2.97. The lowest BCUT2D eigenvalue weighted by atomic mass is 10.2. The lowest BCUT2D eigenvalue weighted by molar-refractivity contribution is 0.602. The smallest absolute Gasteiger partial charge is 0.133 e. The molecule has 1 N–H and O–H groups in total. The highest BCUT2D eigenvalue weighted by Crippen LogP contribution is 2.13. The molecule has 0 radical (unpaired) electrons. The maximum Gasteiger partial charge on any atom is 0.133 e. The average molecular weight is 259 g/mol. The van der Waals surface area contributed by atoms with Crippen molar-refractivity contribution in [2.24, 2.45) is 0 Å². The van der Waals surface area contributed by atoms with Gasteiger partial charge in [0.1, 0.15) is 11.6 Å². The van der Waals surface area contributed by atoms with Gasteiger partial charge in [0.25, 0.3) is 0 Å². The van der Waals surface area contributed by atoms with Crippen molar-refractivity contribution in [3.8, 4) is 0 Å². The van der Waals surface area contributed by atoms with Crippen molar-refractivity contribution in [1.29, 1.82) is 0 Å². The molecule has 0 spiro atoms. The minimum Gasteiger partial charge on any atom is -0.366 e. The van der Waals surface area contributed by atoms with E-state index in [1.807, 2.05) is 24.0 Å². The van der Waals surface area contributed by atoms with Gasteiger partial charge in [-0.2, -0.15) is 5.10 Å². The normalized spacial score (nSPS) is 10.7. The van der Waals surface area contributed by atoms with Crippen LogP contribution in [0.5, 0.6) is 0 Å². The summed E-state index contributed by atoms with van der Waals surface area (Å²) in [5.74, 6) is 1.72. The zero-order valence-electron chi connectivity index (χ0n) is 11.8. The maximum absolute atomic E-state index is 4.45. The van der Waals surface area contributed by atoms with Crippen LogP contribution < -0.4 is 5.32 Å². The Hall–Kier alpha value is -1.91. The summed E-state index contributed by atoms with van der Waals surface area (Å²) < 4.78 is 1.98. The Kier molecular flexibility index (Phi) is 4.49. The highest BCUT2D eigenvalue weighted by atomic mass is 15.3. The van der Waals surface area contributed by atoms with Gasteiger partial charge in [-0.05, 0) is 19.8 Å². The quantitative estimate of drug-likeness (QED) is 0.866. The van der Waals surface area contributed by atoms with E-state index in [9.17, 15) is 0 Å². The second-order valence-electron chi connectivity index (χ2n) is 4.61. The van der Waals surface area contributed by atoms with E-state index in [0.717, 1.165) is 43.1 Å². The lowest BCUT2D eigenvalue weighted by Crippen LogP contribution is -2.06. The van der Waals surface area contributed by atoms with Crippen LogP contribution in [0.1, 0.15) is 37.2 Å². The topological polar surface area (TPSA) is 55.6 Å². The fourth-order valence-electron chi connectivity index (χ4n) is 1.94. The molecule has 2 rings (SSSR count). The number of rotatable bonds is 6. The lowest BCUT2D eigenvalue weighted by Gasteiger charge is -2.09. The van der Waals surface area contributed by atoms with Crippen LogP contribution in [0.2, 0.25) is 0 Å². The molecule has 0 aliphatic heterocycles. The number of hydrogen-bond donors (Lipinski definition) is 1. The van der Waals surface area contributed by atoms with Crippen LogP contribution in [0.4, 0.5) is 5.82 Å². The summed E-state index contributed by atoms with van der Waals surface area (Å²) in [6.07, 6.45) is 7.90. The van der Waals surface area contributed by atoms with Gasteiger partial charge in [0.15, 0.2) is 0 Å². The van der Waals surface area contributed by atoms with Crippen LogP contribution in [0, 0.1) is 6.92 Å². The molecule has 2 aromatic rings. The van der Waals surface area contributed by atoms with E-state index in [4.69, 9.17) is 0 Å². The Morgan fingerprint density at radius 2 is 2.11 bits per heavy atom. The molecule has 0 aliphatic rings. The maximum atomic E-state index is 4.45. The van der Waals surface area contributed by atoms with Gasteiger partial charge in [-0.15, -0.1) is 0 Å². The van der Waals surface area contributed by atoms with Crippen molar-refractivity contribution < 1.29 is 0 Å². The number of nitrogens with one attached hydrogen (secondary N) is 1. The zero-order chi connectivity index (χ0) is 13.7. The molecule has 19 heavy (non-hydrogen) atoms. The Morgan fingerprint density at radius 3 is 2.84 bits per heavy atom. The molecule has 0 amide bonds. The van der Waals surface area contributed by atoms with Gasteiger partial charge in [0.2, 0.25) is 0 Å². The SMILES string of the molecule is CCCn1cc(CNc2nc(C)ncc2CC)cn1. The molecule has 0 aromatic carbocycles. The Bertz CT molecular complexity index is 532. The number of aryl methyl sites for hydroxylation is 3. The van der Waals surface area contributed by atoms with Crippen molar-refractivity contribution >= 4 is 5.82 Å². The van der Waals surface area contributed by atoms with Crippen molar-refractivity contribution in [3.63, 3.8) is 0 Å². The summed E-state index contributed by atoms with van der Waals surface area (Å²) in [6, 6.07) is 0. The first-order valence-corrected chi connectivity index (χ1v) is 6.80. The van der Waals surface area contributed by atoms with Gasteiger partial charge in [0.05, 0.1) is 6.20 Å². The van der Waals surface area contributed by atoms with Gasteiger partial charge in [-0.25, -0.2) is 9.97 Å². The van der Waals surface area contributed by atoms with Crippen LogP contribution in [-0.4, -0.2) is 19.7 Å². The molecule has 0 bridgehead atoms. The second kappa shape index (κ2) is 6.31. The zero-order valence-corrected chi connectivity index (χ0v) is 11.8.